The number of pyridine rings is 1. The Kier molecular flexibility index (Phi) is 2.60. The number of hydrogen-bond donors (Lipinski definition) is 1. The normalized spacial score (nSPS) is 21.2. The first-order valence-corrected chi connectivity index (χ1v) is 5.03. The van der Waals surface area contributed by atoms with Gasteiger partial charge < -0.3 is 5.73 Å². The summed E-state index contributed by atoms with van der Waals surface area (Å²) >= 11 is 0. The van der Waals surface area contributed by atoms with Gasteiger partial charge in [0.25, 0.3) is 0 Å². The van der Waals surface area contributed by atoms with E-state index in [1.54, 1.807) is 0 Å². The molecule has 0 amide bonds. The molecular formula is C11H16N2. The SMILES string of the molecule is NCCC1CCc2cccnc2C1. The smallest absolute Gasteiger partial charge is 0.0438 e. The molecule has 1 aliphatic rings. The van der Waals surface area contributed by atoms with Crippen LogP contribution in [0.15, 0.2) is 18.3 Å². The Morgan fingerprint density at radius 1 is 1.54 bits per heavy atom. The number of nitrogens with zero attached hydrogens (tertiary/aromatic N) is 1. The summed E-state index contributed by atoms with van der Waals surface area (Å²) in [6, 6.07) is 4.23. The molecule has 2 heteroatoms. The summed E-state index contributed by atoms with van der Waals surface area (Å²) in [4.78, 5) is 4.41. The van der Waals surface area contributed by atoms with Gasteiger partial charge in [-0.25, -0.2) is 0 Å². The molecule has 0 saturated carbocycles. The van der Waals surface area contributed by atoms with Crippen molar-refractivity contribution >= 4 is 0 Å². The van der Waals surface area contributed by atoms with Crippen molar-refractivity contribution in [3.05, 3.63) is 29.6 Å². The molecule has 0 aliphatic heterocycles. The molecule has 1 aromatic heterocycles. The predicted molar refractivity (Wildman–Crippen MR) is 53.4 cm³/mol. The molecule has 1 heterocycles. The summed E-state index contributed by atoms with van der Waals surface area (Å²) < 4.78 is 0. The molecule has 0 aromatic carbocycles. The number of hydrogen-bond acceptors (Lipinski definition) is 2. The molecule has 1 aliphatic carbocycles. The molecule has 2 N–H and O–H groups in total. The molecule has 0 bridgehead atoms. The molecule has 0 spiro atoms. The van der Waals surface area contributed by atoms with Crippen LogP contribution in [0.1, 0.15) is 24.1 Å². The minimum Gasteiger partial charge on any atom is -0.330 e. The summed E-state index contributed by atoms with van der Waals surface area (Å²) in [6.45, 7) is 0.812. The molecule has 70 valence electrons. The Morgan fingerprint density at radius 2 is 2.46 bits per heavy atom. The van der Waals surface area contributed by atoms with Crippen molar-refractivity contribution in [3.8, 4) is 0 Å². The number of fused-ring (bicyclic) bond motifs is 1. The van der Waals surface area contributed by atoms with Gasteiger partial charge in [-0.05, 0) is 49.8 Å². The minimum absolute atomic E-state index is 0.771. The van der Waals surface area contributed by atoms with E-state index >= 15 is 0 Å². The van der Waals surface area contributed by atoms with Gasteiger partial charge in [-0.3, -0.25) is 4.98 Å². The average Bonchev–Trinajstić information content (AvgIpc) is 2.18. The third kappa shape index (κ3) is 1.89. The first-order chi connectivity index (χ1) is 6.40. The van der Waals surface area contributed by atoms with Crippen LogP contribution in [-0.4, -0.2) is 11.5 Å². The van der Waals surface area contributed by atoms with Crippen LogP contribution in [-0.2, 0) is 12.8 Å². The standard InChI is InChI=1S/C11H16N2/c12-6-5-9-3-4-10-2-1-7-13-11(10)8-9/h1-2,7,9H,3-6,8,12H2. The zero-order chi connectivity index (χ0) is 9.10. The maximum Gasteiger partial charge on any atom is 0.0438 e. The fourth-order valence-electron chi connectivity index (χ4n) is 2.10. The highest BCUT2D eigenvalue weighted by atomic mass is 14.7. The average molecular weight is 176 g/mol. The highest BCUT2D eigenvalue weighted by Crippen LogP contribution is 2.25. The van der Waals surface area contributed by atoms with Crippen LogP contribution < -0.4 is 5.73 Å². The van der Waals surface area contributed by atoms with E-state index in [2.05, 4.69) is 11.1 Å². The quantitative estimate of drug-likeness (QED) is 0.742. The predicted octanol–water partition coefficient (Wildman–Crippen LogP) is 1.54. The summed E-state index contributed by atoms with van der Waals surface area (Å²) in [6.07, 6.45) is 6.65. The van der Waals surface area contributed by atoms with Gasteiger partial charge in [0.15, 0.2) is 0 Å². The lowest BCUT2D eigenvalue weighted by Crippen LogP contribution is -2.18. The van der Waals surface area contributed by atoms with Crippen LogP contribution in [0.5, 0.6) is 0 Å². The Morgan fingerprint density at radius 3 is 3.31 bits per heavy atom. The topological polar surface area (TPSA) is 38.9 Å². The summed E-state index contributed by atoms with van der Waals surface area (Å²) in [5.74, 6) is 0.771. The molecule has 2 rings (SSSR count). The second-order valence-corrected chi connectivity index (χ2v) is 3.80. The zero-order valence-electron chi connectivity index (χ0n) is 7.87. The van der Waals surface area contributed by atoms with Gasteiger partial charge in [-0.2, -0.15) is 0 Å². The number of nitrogens with two attached hydrogens (primary N) is 1. The van der Waals surface area contributed by atoms with Crippen molar-refractivity contribution in [2.24, 2.45) is 11.7 Å². The van der Waals surface area contributed by atoms with Gasteiger partial charge >= 0.3 is 0 Å². The highest BCUT2D eigenvalue weighted by molar-refractivity contribution is 5.22. The molecule has 1 aromatic rings. The van der Waals surface area contributed by atoms with E-state index in [-0.39, 0.29) is 0 Å². The molecule has 1 unspecified atom stereocenters. The second-order valence-electron chi connectivity index (χ2n) is 3.80. The summed E-state index contributed by atoms with van der Waals surface area (Å²) in [5, 5.41) is 0. The van der Waals surface area contributed by atoms with Crippen LogP contribution in [0.4, 0.5) is 0 Å². The third-order valence-electron chi connectivity index (χ3n) is 2.86. The Bertz CT molecular complexity index is 283. The van der Waals surface area contributed by atoms with Gasteiger partial charge in [0.1, 0.15) is 0 Å². The van der Waals surface area contributed by atoms with E-state index in [4.69, 9.17) is 5.73 Å². The van der Waals surface area contributed by atoms with E-state index in [9.17, 15) is 0 Å². The summed E-state index contributed by atoms with van der Waals surface area (Å²) in [7, 11) is 0. The molecule has 1 atom stereocenters. The molecule has 13 heavy (non-hydrogen) atoms. The van der Waals surface area contributed by atoms with Crippen molar-refractivity contribution in [2.75, 3.05) is 6.54 Å². The maximum atomic E-state index is 5.56. The molecule has 0 saturated heterocycles. The van der Waals surface area contributed by atoms with E-state index in [0.717, 1.165) is 25.3 Å². The first-order valence-electron chi connectivity index (χ1n) is 5.03. The Balaban J connectivity index is 2.11. The highest BCUT2D eigenvalue weighted by Gasteiger charge is 2.17. The van der Waals surface area contributed by atoms with Crippen molar-refractivity contribution in [1.82, 2.24) is 4.98 Å². The molecule has 0 fully saturated rings. The summed E-state index contributed by atoms with van der Waals surface area (Å²) in [5.41, 5.74) is 8.30. The number of aromatic nitrogens is 1. The van der Waals surface area contributed by atoms with Gasteiger partial charge in [-0.15, -0.1) is 0 Å². The maximum absolute atomic E-state index is 5.56. The Labute approximate surface area is 79.2 Å². The van der Waals surface area contributed by atoms with Crippen molar-refractivity contribution < 1.29 is 0 Å². The second kappa shape index (κ2) is 3.88. The van der Waals surface area contributed by atoms with Gasteiger partial charge in [0, 0.05) is 11.9 Å². The van der Waals surface area contributed by atoms with Crippen LogP contribution in [0.3, 0.4) is 0 Å². The van der Waals surface area contributed by atoms with E-state index in [1.807, 2.05) is 12.3 Å². The number of rotatable bonds is 2. The largest absolute Gasteiger partial charge is 0.330 e. The van der Waals surface area contributed by atoms with Crippen LogP contribution >= 0.6 is 0 Å². The molecular weight excluding hydrogens is 160 g/mol. The van der Waals surface area contributed by atoms with Crippen LogP contribution in [0, 0.1) is 5.92 Å². The van der Waals surface area contributed by atoms with Crippen LogP contribution in [0.25, 0.3) is 0 Å². The lowest BCUT2D eigenvalue weighted by molar-refractivity contribution is 0.426. The van der Waals surface area contributed by atoms with Gasteiger partial charge in [-0.1, -0.05) is 6.07 Å². The van der Waals surface area contributed by atoms with E-state index in [0.29, 0.717) is 0 Å². The van der Waals surface area contributed by atoms with Gasteiger partial charge in [0.2, 0.25) is 0 Å². The third-order valence-corrected chi connectivity index (χ3v) is 2.86. The van der Waals surface area contributed by atoms with Crippen molar-refractivity contribution in [3.63, 3.8) is 0 Å². The monoisotopic (exact) mass is 176 g/mol. The first kappa shape index (κ1) is 8.70. The number of aryl methyl sites for hydroxylation is 1. The Hall–Kier alpha value is -0.890. The molecule has 0 radical (unpaired) electrons. The van der Waals surface area contributed by atoms with E-state index in [1.165, 1.54) is 24.1 Å². The lowest BCUT2D eigenvalue weighted by Gasteiger charge is -2.22. The van der Waals surface area contributed by atoms with Gasteiger partial charge in [0.05, 0.1) is 0 Å². The molecule has 2 nitrogen and oxygen atoms in total. The van der Waals surface area contributed by atoms with E-state index < -0.39 is 0 Å². The lowest BCUT2D eigenvalue weighted by atomic mass is 9.85. The fraction of sp³-hybridized carbons (Fsp3) is 0.545. The zero-order valence-corrected chi connectivity index (χ0v) is 7.87. The van der Waals surface area contributed by atoms with Crippen molar-refractivity contribution in [2.45, 2.75) is 25.7 Å². The van der Waals surface area contributed by atoms with Crippen molar-refractivity contribution in [1.29, 1.82) is 0 Å². The minimum atomic E-state index is 0.771. The fourth-order valence-corrected chi connectivity index (χ4v) is 2.10. The van der Waals surface area contributed by atoms with Crippen LogP contribution in [0.2, 0.25) is 0 Å².